The van der Waals surface area contributed by atoms with Crippen LogP contribution < -0.4 is 0 Å². The average molecular weight is 348 g/mol. The predicted molar refractivity (Wildman–Crippen MR) is 99.4 cm³/mol. The molecule has 0 saturated heterocycles. The molecule has 0 aliphatic carbocycles. The number of carbonyl (C=O) groups is 2. The summed E-state index contributed by atoms with van der Waals surface area (Å²) in [6.45, 7) is 5.18. The van der Waals surface area contributed by atoms with Gasteiger partial charge in [-0.25, -0.2) is 9.48 Å². The van der Waals surface area contributed by atoms with Gasteiger partial charge in [-0.3, -0.25) is 4.79 Å². The van der Waals surface area contributed by atoms with Crippen LogP contribution in [0.5, 0.6) is 0 Å². The maximum Gasteiger partial charge on any atom is 0.342 e. The molecule has 0 spiro atoms. The molecule has 0 unspecified atom stereocenters. The molecule has 3 aromatic rings. The second-order valence-electron chi connectivity index (χ2n) is 6.25. The van der Waals surface area contributed by atoms with E-state index in [0.29, 0.717) is 11.3 Å². The number of nitrogens with zero attached hydrogens (tertiary/aromatic N) is 2. The molecule has 5 nitrogen and oxygen atoms in total. The summed E-state index contributed by atoms with van der Waals surface area (Å²) in [5, 5.41) is 4.60. The van der Waals surface area contributed by atoms with Gasteiger partial charge in [-0.2, -0.15) is 5.10 Å². The van der Waals surface area contributed by atoms with Gasteiger partial charge in [0.1, 0.15) is 17.9 Å². The molecule has 5 heteroatoms. The molecule has 2 aromatic carbocycles. The Morgan fingerprint density at radius 3 is 2.42 bits per heavy atom. The lowest BCUT2D eigenvalue weighted by molar-refractivity contribution is -0.120. The van der Waals surface area contributed by atoms with Gasteiger partial charge in [0.25, 0.3) is 0 Å². The van der Waals surface area contributed by atoms with E-state index in [4.69, 9.17) is 4.74 Å². The maximum absolute atomic E-state index is 12.5. The van der Waals surface area contributed by atoms with Gasteiger partial charge in [-0.1, -0.05) is 30.3 Å². The zero-order valence-corrected chi connectivity index (χ0v) is 15.0. The summed E-state index contributed by atoms with van der Waals surface area (Å²) < 4.78 is 6.76. The molecule has 0 amide bonds. The molecular formula is C21H20N2O3. The number of hydrogen-bond donors (Lipinski definition) is 0. The highest BCUT2D eigenvalue weighted by Gasteiger charge is 2.20. The fraction of sp³-hybridized carbons (Fsp3) is 0.190. The number of esters is 1. The Morgan fingerprint density at radius 2 is 1.77 bits per heavy atom. The van der Waals surface area contributed by atoms with E-state index in [-0.39, 0.29) is 12.4 Å². The number of para-hydroxylation sites is 1. The quantitative estimate of drug-likeness (QED) is 0.656. The number of hydrogen-bond acceptors (Lipinski definition) is 4. The van der Waals surface area contributed by atoms with Crippen molar-refractivity contribution in [3.63, 3.8) is 0 Å². The first-order chi connectivity index (χ1) is 12.5. The molecule has 0 aliphatic heterocycles. The average Bonchev–Trinajstić information content (AvgIpc) is 3.08. The van der Waals surface area contributed by atoms with Gasteiger partial charge in [-0.15, -0.1) is 0 Å². The van der Waals surface area contributed by atoms with Crippen LogP contribution in [0.3, 0.4) is 0 Å². The van der Waals surface area contributed by atoms with Crippen LogP contribution in [0.1, 0.15) is 28.4 Å². The van der Waals surface area contributed by atoms with Gasteiger partial charge < -0.3 is 4.74 Å². The van der Waals surface area contributed by atoms with Crippen molar-refractivity contribution in [2.24, 2.45) is 0 Å². The molecule has 0 atom stereocenters. The van der Waals surface area contributed by atoms with Crippen LogP contribution in [-0.4, -0.2) is 28.1 Å². The van der Waals surface area contributed by atoms with Crippen molar-refractivity contribution >= 4 is 11.8 Å². The molecule has 0 bridgehead atoms. The highest BCUT2D eigenvalue weighted by Crippen LogP contribution is 2.26. The molecule has 0 radical (unpaired) electrons. The number of ketones is 1. The van der Waals surface area contributed by atoms with Crippen molar-refractivity contribution in [2.45, 2.75) is 20.8 Å². The molecule has 3 rings (SSSR count). The summed E-state index contributed by atoms with van der Waals surface area (Å²) in [6, 6.07) is 15.5. The van der Waals surface area contributed by atoms with Crippen LogP contribution in [-0.2, 0) is 9.53 Å². The SMILES string of the molecule is CC(=O)COC(=O)c1cn(-c2ccccc2)nc1-c1ccc(C)c(C)c1. The number of carbonyl (C=O) groups excluding carboxylic acids is 2. The fourth-order valence-electron chi connectivity index (χ4n) is 2.58. The Labute approximate surface area is 152 Å². The van der Waals surface area contributed by atoms with E-state index in [1.807, 2.05) is 62.4 Å². The fourth-order valence-corrected chi connectivity index (χ4v) is 2.58. The molecule has 0 saturated carbocycles. The van der Waals surface area contributed by atoms with Gasteiger partial charge in [0.05, 0.1) is 5.69 Å². The van der Waals surface area contributed by atoms with Crippen molar-refractivity contribution in [1.29, 1.82) is 0 Å². The van der Waals surface area contributed by atoms with Gasteiger partial charge >= 0.3 is 5.97 Å². The zero-order chi connectivity index (χ0) is 18.7. The Hall–Kier alpha value is -3.21. The lowest BCUT2D eigenvalue weighted by atomic mass is 10.0. The molecule has 0 N–H and O–H groups in total. The van der Waals surface area contributed by atoms with Gasteiger partial charge in [0.15, 0.2) is 5.78 Å². The molecule has 0 aliphatic rings. The number of benzene rings is 2. The third-order valence-electron chi connectivity index (χ3n) is 4.14. The number of aryl methyl sites for hydroxylation is 2. The van der Waals surface area contributed by atoms with Crippen molar-refractivity contribution in [1.82, 2.24) is 9.78 Å². The Morgan fingerprint density at radius 1 is 1.04 bits per heavy atom. The minimum Gasteiger partial charge on any atom is -0.454 e. The van der Waals surface area contributed by atoms with Crippen LogP contribution in [0.15, 0.2) is 54.7 Å². The van der Waals surface area contributed by atoms with E-state index >= 15 is 0 Å². The Bertz CT molecular complexity index is 959. The number of Topliss-reactive ketones (excluding diaryl/α,β-unsaturated/α-hetero) is 1. The summed E-state index contributed by atoms with van der Waals surface area (Å²) in [5.41, 5.74) is 4.81. The lowest BCUT2D eigenvalue weighted by Crippen LogP contribution is -2.11. The van der Waals surface area contributed by atoms with Crippen LogP contribution in [0.4, 0.5) is 0 Å². The van der Waals surface area contributed by atoms with Crippen molar-refractivity contribution < 1.29 is 14.3 Å². The van der Waals surface area contributed by atoms with E-state index in [1.54, 1.807) is 10.9 Å². The standard InChI is InChI=1S/C21H20N2O3/c1-14-9-10-17(11-15(14)2)20-19(21(25)26-13-16(3)24)12-23(22-20)18-7-5-4-6-8-18/h4-12H,13H2,1-3H3. The number of rotatable bonds is 5. The maximum atomic E-state index is 12.5. The van der Waals surface area contributed by atoms with Gasteiger partial charge in [0, 0.05) is 11.8 Å². The topological polar surface area (TPSA) is 61.2 Å². The molecule has 26 heavy (non-hydrogen) atoms. The Balaban J connectivity index is 2.08. The Kier molecular flexibility index (Phi) is 4.98. The molecular weight excluding hydrogens is 328 g/mol. The van der Waals surface area contributed by atoms with Crippen LogP contribution in [0.25, 0.3) is 16.9 Å². The zero-order valence-electron chi connectivity index (χ0n) is 15.0. The smallest absolute Gasteiger partial charge is 0.342 e. The van der Waals surface area contributed by atoms with Crippen molar-refractivity contribution in [3.05, 3.63) is 71.4 Å². The van der Waals surface area contributed by atoms with Gasteiger partial charge in [-0.05, 0) is 50.1 Å². The minimum absolute atomic E-state index is 0.207. The van der Waals surface area contributed by atoms with E-state index < -0.39 is 5.97 Å². The third-order valence-corrected chi connectivity index (χ3v) is 4.14. The largest absolute Gasteiger partial charge is 0.454 e. The highest BCUT2D eigenvalue weighted by atomic mass is 16.5. The second kappa shape index (κ2) is 7.35. The van der Waals surface area contributed by atoms with E-state index in [9.17, 15) is 9.59 Å². The molecule has 1 aromatic heterocycles. The molecule has 132 valence electrons. The summed E-state index contributed by atoms with van der Waals surface area (Å²) in [7, 11) is 0. The first kappa shape index (κ1) is 17.6. The van der Waals surface area contributed by atoms with Crippen LogP contribution in [0.2, 0.25) is 0 Å². The first-order valence-electron chi connectivity index (χ1n) is 8.35. The van der Waals surface area contributed by atoms with E-state index in [0.717, 1.165) is 22.4 Å². The van der Waals surface area contributed by atoms with Crippen LogP contribution >= 0.6 is 0 Å². The van der Waals surface area contributed by atoms with Crippen molar-refractivity contribution in [2.75, 3.05) is 6.61 Å². The minimum atomic E-state index is -0.560. The van der Waals surface area contributed by atoms with Crippen molar-refractivity contribution in [3.8, 4) is 16.9 Å². The summed E-state index contributed by atoms with van der Waals surface area (Å²) in [4.78, 5) is 23.7. The second-order valence-corrected chi connectivity index (χ2v) is 6.25. The number of ether oxygens (including phenoxy) is 1. The summed E-state index contributed by atoms with van der Waals surface area (Å²) >= 11 is 0. The number of aromatic nitrogens is 2. The summed E-state index contributed by atoms with van der Waals surface area (Å²) in [5.74, 6) is -0.767. The molecule has 1 heterocycles. The lowest BCUT2D eigenvalue weighted by Gasteiger charge is -2.05. The monoisotopic (exact) mass is 348 g/mol. The summed E-state index contributed by atoms with van der Waals surface area (Å²) in [6.07, 6.45) is 1.64. The van der Waals surface area contributed by atoms with E-state index in [1.165, 1.54) is 6.92 Å². The highest BCUT2D eigenvalue weighted by molar-refractivity contribution is 5.97. The first-order valence-corrected chi connectivity index (χ1v) is 8.35. The van der Waals surface area contributed by atoms with Crippen LogP contribution in [0, 0.1) is 13.8 Å². The molecule has 0 fully saturated rings. The third kappa shape index (κ3) is 3.72. The predicted octanol–water partition coefficient (Wildman–Crippen LogP) is 3.90. The normalized spacial score (nSPS) is 10.6. The van der Waals surface area contributed by atoms with E-state index in [2.05, 4.69) is 5.10 Å². The van der Waals surface area contributed by atoms with Gasteiger partial charge in [0.2, 0.25) is 0 Å².